The number of anilines is 1. The summed E-state index contributed by atoms with van der Waals surface area (Å²) in [5.74, 6) is 0.203. The smallest absolute Gasteiger partial charge is 0.331 e. The fraction of sp³-hybridized carbons (Fsp3) is 0.190. The molecule has 3 rings (SSSR count). The van der Waals surface area contributed by atoms with E-state index in [1.165, 1.54) is 16.8 Å². The molecule has 0 spiro atoms. The van der Waals surface area contributed by atoms with E-state index >= 15 is 0 Å². The predicted octanol–water partition coefficient (Wildman–Crippen LogP) is 2.01. The first-order chi connectivity index (χ1) is 13.5. The van der Waals surface area contributed by atoms with Gasteiger partial charge in [0.2, 0.25) is 5.91 Å². The highest BCUT2D eigenvalue weighted by molar-refractivity contribution is 5.90. The van der Waals surface area contributed by atoms with Gasteiger partial charge in [0.05, 0.1) is 13.7 Å². The summed E-state index contributed by atoms with van der Waals surface area (Å²) >= 11 is 0. The van der Waals surface area contributed by atoms with Crippen LogP contribution < -0.4 is 21.3 Å². The average Bonchev–Trinajstić information content (AvgIpc) is 2.69. The number of nitrogens with one attached hydrogen (secondary N) is 1. The van der Waals surface area contributed by atoms with Gasteiger partial charge in [0.25, 0.3) is 5.56 Å². The summed E-state index contributed by atoms with van der Waals surface area (Å²) in [5, 5.41) is 2.67. The lowest BCUT2D eigenvalue weighted by atomic mass is 10.1. The summed E-state index contributed by atoms with van der Waals surface area (Å²) in [5.41, 5.74) is 1.52. The molecule has 0 aliphatic carbocycles. The molecule has 0 radical (unpaired) electrons. The van der Waals surface area contributed by atoms with Crippen molar-refractivity contribution in [1.29, 1.82) is 0 Å². The minimum absolute atomic E-state index is 0.325. The third-order valence-electron chi connectivity index (χ3n) is 4.42. The predicted molar refractivity (Wildman–Crippen MR) is 107 cm³/mol. The Morgan fingerprint density at radius 2 is 1.75 bits per heavy atom. The van der Waals surface area contributed by atoms with Crippen LogP contribution in [0.3, 0.4) is 0 Å². The Balaban J connectivity index is 1.79. The first-order valence-corrected chi connectivity index (χ1v) is 8.76. The number of ether oxygens (including phenoxy) is 1. The van der Waals surface area contributed by atoms with Gasteiger partial charge in [-0.05, 0) is 42.3 Å². The van der Waals surface area contributed by atoms with Gasteiger partial charge in [-0.15, -0.1) is 0 Å². The van der Waals surface area contributed by atoms with E-state index in [-0.39, 0.29) is 6.54 Å². The lowest BCUT2D eigenvalue weighted by molar-refractivity contribution is -0.116. The van der Waals surface area contributed by atoms with E-state index < -0.39 is 17.2 Å². The molecule has 1 N–H and O–H groups in total. The first kappa shape index (κ1) is 19.2. The van der Waals surface area contributed by atoms with Crippen molar-refractivity contribution in [1.82, 2.24) is 9.13 Å². The lowest BCUT2D eigenvalue weighted by Gasteiger charge is -2.12. The standard InChI is InChI=1S/C21H21N3O4/c1-15-5-3-4-6-16(15)13-23-12-11-20(26)24(21(23)27)14-19(25)22-17-7-9-18(28-2)10-8-17/h3-12H,13-14H2,1-2H3,(H,22,25). The van der Waals surface area contributed by atoms with Gasteiger partial charge in [-0.1, -0.05) is 24.3 Å². The van der Waals surface area contributed by atoms with E-state index in [1.807, 2.05) is 31.2 Å². The van der Waals surface area contributed by atoms with Gasteiger partial charge in [0.1, 0.15) is 12.3 Å². The zero-order valence-corrected chi connectivity index (χ0v) is 15.7. The van der Waals surface area contributed by atoms with E-state index in [1.54, 1.807) is 31.4 Å². The van der Waals surface area contributed by atoms with E-state index in [9.17, 15) is 14.4 Å². The van der Waals surface area contributed by atoms with Crippen LogP contribution in [0.5, 0.6) is 5.75 Å². The van der Waals surface area contributed by atoms with Crippen molar-refractivity contribution < 1.29 is 9.53 Å². The van der Waals surface area contributed by atoms with Gasteiger partial charge >= 0.3 is 5.69 Å². The van der Waals surface area contributed by atoms with Gasteiger partial charge in [0.15, 0.2) is 0 Å². The number of hydrogen-bond acceptors (Lipinski definition) is 4. The van der Waals surface area contributed by atoms with Crippen molar-refractivity contribution in [2.75, 3.05) is 12.4 Å². The molecule has 1 heterocycles. The number of carbonyl (C=O) groups excluding carboxylic acids is 1. The molecule has 7 heteroatoms. The third kappa shape index (κ3) is 4.37. The Bertz CT molecular complexity index is 1100. The van der Waals surface area contributed by atoms with Crippen LogP contribution in [0.1, 0.15) is 11.1 Å². The second-order valence-corrected chi connectivity index (χ2v) is 6.35. The Kier molecular flexibility index (Phi) is 5.74. The molecule has 1 aromatic heterocycles. The number of amides is 1. The SMILES string of the molecule is COc1ccc(NC(=O)Cn2c(=O)ccn(Cc3ccccc3C)c2=O)cc1. The van der Waals surface area contributed by atoms with Crippen LogP contribution in [0.2, 0.25) is 0 Å². The number of aryl methyl sites for hydroxylation is 1. The highest BCUT2D eigenvalue weighted by atomic mass is 16.5. The molecule has 0 fully saturated rings. The number of benzene rings is 2. The summed E-state index contributed by atoms with van der Waals surface area (Å²) in [6.07, 6.45) is 1.45. The van der Waals surface area contributed by atoms with Crippen LogP contribution in [0, 0.1) is 6.92 Å². The van der Waals surface area contributed by atoms with Crippen molar-refractivity contribution in [2.45, 2.75) is 20.0 Å². The number of rotatable bonds is 6. The van der Waals surface area contributed by atoms with Gasteiger partial charge in [-0.3, -0.25) is 18.7 Å². The second kappa shape index (κ2) is 8.39. The number of carbonyl (C=O) groups is 1. The molecule has 3 aromatic rings. The Labute approximate surface area is 161 Å². The van der Waals surface area contributed by atoms with Crippen molar-refractivity contribution in [3.8, 4) is 5.75 Å². The van der Waals surface area contributed by atoms with E-state index in [2.05, 4.69) is 5.32 Å². The van der Waals surface area contributed by atoms with Gasteiger partial charge in [-0.2, -0.15) is 0 Å². The minimum atomic E-state index is -0.527. The Morgan fingerprint density at radius 3 is 2.43 bits per heavy atom. The quantitative estimate of drug-likeness (QED) is 0.710. The molecule has 0 bridgehead atoms. The van der Waals surface area contributed by atoms with E-state index in [0.717, 1.165) is 15.7 Å². The summed E-state index contributed by atoms with van der Waals surface area (Å²) in [6, 6.07) is 15.8. The Hall–Kier alpha value is -3.61. The highest BCUT2D eigenvalue weighted by Gasteiger charge is 2.11. The topological polar surface area (TPSA) is 82.3 Å². The molecule has 1 amide bonds. The molecule has 0 atom stereocenters. The molecule has 28 heavy (non-hydrogen) atoms. The molecule has 144 valence electrons. The van der Waals surface area contributed by atoms with Crippen LogP contribution in [0.25, 0.3) is 0 Å². The third-order valence-corrected chi connectivity index (χ3v) is 4.42. The molecule has 0 unspecified atom stereocenters. The molecule has 0 saturated heterocycles. The highest BCUT2D eigenvalue weighted by Crippen LogP contribution is 2.14. The second-order valence-electron chi connectivity index (χ2n) is 6.35. The number of methoxy groups -OCH3 is 1. The largest absolute Gasteiger partial charge is 0.497 e. The molecular formula is C21H21N3O4. The van der Waals surface area contributed by atoms with Crippen molar-refractivity contribution >= 4 is 11.6 Å². The molecule has 0 saturated carbocycles. The maximum Gasteiger partial charge on any atom is 0.331 e. The molecule has 7 nitrogen and oxygen atoms in total. The number of hydrogen-bond donors (Lipinski definition) is 1. The fourth-order valence-electron chi connectivity index (χ4n) is 2.81. The lowest BCUT2D eigenvalue weighted by Crippen LogP contribution is -2.41. The molecule has 0 aliphatic rings. The van der Waals surface area contributed by atoms with Crippen LogP contribution in [-0.2, 0) is 17.9 Å². The zero-order valence-electron chi connectivity index (χ0n) is 15.7. The van der Waals surface area contributed by atoms with Gasteiger partial charge in [0, 0.05) is 18.0 Å². The van der Waals surface area contributed by atoms with Crippen LogP contribution >= 0.6 is 0 Å². The number of aromatic nitrogens is 2. The van der Waals surface area contributed by atoms with Crippen LogP contribution in [0.15, 0.2) is 70.4 Å². The van der Waals surface area contributed by atoms with E-state index in [4.69, 9.17) is 4.74 Å². The molecular weight excluding hydrogens is 358 g/mol. The minimum Gasteiger partial charge on any atom is -0.497 e. The fourth-order valence-corrected chi connectivity index (χ4v) is 2.81. The summed E-state index contributed by atoms with van der Waals surface area (Å²) in [4.78, 5) is 37.2. The van der Waals surface area contributed by atoms with Crippen molar-refractivity contribution in [3.05, 3.63) is 92.8 Å². The molecule has 2 aromatic carbocycles. The van der Waals surface area contributed by atoms with Crippen molar-refractivity contribution in [2.24, 2.45) is 0 Å². The van der Waals surface area contributed by atoms with Crippen LogP contribution in [0.4, 0.5) is 5.69 Å². The monoisotopic (exact) mass is 379 g/mol. The van der Waals surface area contributed by atoms with Crippen molar-refractivity contribution in [3.63, 3.8) is 0 Å². The summed E-state index contributed by atoms with van der Waals surface area (Å²) in [6.45, 7) is 1.92. The van der Waals surface area contributed by atoms with Crippen LogP contribution in [-0.4, -0.2) is 22.2 Å². The average molecular weight is 379 g/mol. The first-order valence-electron chi connectivity index (χ1n) is 8.76. The zero-order chi connectivity index (χ0) is 20.1. The molecule has 0 aliphatic heterocycles. The normalized spacial score (nSPS) is 10.5. The maximum atomic E-state index is 12.7. The summed E-state index contributed by atoms with van der Waals surface area (Å²) < 4.78 is 7.42. The summed E-state index contributed by atoms with van der Waals surface area (Å²) in [7, 11) is 1.55. The van der Waals surface area contributed by atoms with Gasteiger partial charge in [-0.25, -0.2) is 4.79 Å². The Morgan fingerprint density at radius 1 is 1.04 bits per heavy atom. The van der Waals surface area contributed by atoms with Gasteiger partial charge < -0.3 is 10.1 Å². The maximum absolute atomic E-state index is 12.7. The number of nitrogens with zero attached hydrogens (tertiary/aromatic N) is 2. The van der Waals surface area contributed by atoms with E-state index in [0.29, 0.717) is 18.0 Å².